The Balaban J connectivity index is 1.39. The summed E-state index contributed by atoms with van der Waals surface area (Å²) in [6.45, 7) is 6.01. The predicted octanol–water partition coefficient (Wildman–Crippen LogP) is 4.52. The number of aromatic nitrogens is 6. The molecule has 0 fully saturated rings. The van der Waals surface area contributed by atoms with Crippen molar-refractivity contribution in [3.05, 3.63) is 65.1 Å². The number of hydrogen-bond donors (Lipinski definition) is 1. The van der Waals surface area contributed by atoms with E-state index in [9.17, 15) is 4.79 Å². The van der Waals surface area contributed by atoms with E-state index in [1.807, 2.05) is 44.6 Å². The van der Waals surface area contributed by atoms with E-state index in [1.165, 1.54) is 16.9 Å². The smallest absolute Gasteiger partial charge is 0.247 e. The maximum Gasteiger partial charge on any atom is 0.247 e. The van der Waals surface area contributed by atoms with Crippen LogP contribution in [-0.4, -0.2) is 35.4 Å². The lowest BCUT2D eigenvalue weighted by molar-refractivity contribution is -0.116. The number of aryl methyl sites for hydroxylation is 4. The number of nitrogens with one attached hydrogen (secondary N) is 1. The molecule has 0 aliphatic carbocycles. The Hall–Kier alpha value is -3.85. The Bertz CT molecular complexity index is 1490. The highest BCUT2D eigenvalue weighted by atomic mass is 32.1. The standard InChI is InChI=1S/C24H23N7OS/c1-14-6-5-7-17(10-14)18-8-9-25-23-22(18)16(3)29-31(23)12-21(32)27-24-26-20(13-33-24)19-11-30(4)28-15(19)2/h5-11,13H,12H2,1-4H3,(H,26,27,32). The number of hydrogen-bond acceptors (Lipinski definition) is 6. The third kappa shape index (κ3) is 4.03. The van der Waals surface area contributed by atoms with Gasteiger partial charge in [0, 0.05) is 35.8 Å². The molecule has 0 unspecified atom stereocenters. The third-order valence-corrected chi connectivity index (χ3v) is 6.23. The minimum Gasteiger partial charge on any atom is -0.300 e. The highest BCUT2D eigenvalue weighted by Gasteiger charge is 2.17. The van der Waals surface area contributed by atoms with E-state index in [4.69, 9.17) is 0 Å². The summed E-state index contributed by atoms with van der Waals surface area (Å²) < 4.78 is 3.41. The highest BCUT2D eigenvalue weighted by molar-refractivity contribution is 7.14. The van der Waals surface area contributed by atoms with E-state index in [0.717, 1.165) is 39.2 Å². The summed E-state index contributed by atoms with van der Waals surface area (Å²) in [6.07, 6.45) is 3.69. The molecule has 0 bridgehead atoms. The van der Waals surface area contributed by atoms with Gasteiger partial charge in [-0.05, 0) is 38.0 Å². The normalized spacial score (nSPS) is 11.3. The second-order valence-electron chi connectivity index (χ2n) is 8.06. The zero-order valence-corrected chi connectivity index (χ0v) is 19.6. The first-order valence-corrected chi connectivity index (χ1v) is 11.4. The van der Waals surface area contributed by atoms with Crippen molar-refractivity contribution in [3.63, 3.8) is 0 Å². The van der Waals surface area contributed by atoms with E-state index in [1.54, 1.807) is 15.6 Å². The summed E-state index contributed by atoms with van der Waals surface area (Å²) in [5.74, 6) is -0.203. The first-order chi connectivity index (χ1) is 15.9. The number of thiazole rings is 1. The molecule has 4 heterocycles. The van der Waals surface area contributed by atoms with Crippen LogP contribution in [0.25, 0.3) is 33.4 Å². The molecule has 1 N–H and O–H groups in total. The Kier molecular flexibility index (Phi) is 5.26. The van der Waals surface area contributed by atoms with Gasteiger partial charge in [-0.2, -0.15) is 10.2 Å². The molecule has 1 aromatic carbocycles. The number of pyridine rings is 1. The molecule has 1 amide bonds. The van der Waals surface area contributed by atoms with Crippen LogP contribution < -0.4 is 5.32 Å². The van der Waals surface area contributed by atoms with Gasteiger partial charge in [-0.1, -0.05) is 29.8 Å². The number of benzene rings is 1. The molecule has 5 aromatic rings. The van der Waals surface area contributed by atoms with Crippen molar-refractivity contribution < 1.29 is 4.79 Å². The molecule has 0 saturated carbocycles. The van der Waals surface area contributed by atoms with Crippen LogP contribution in [0.2, 0.25) is 0 Å². The third-order valence-electron chi connectivity index (χ3n) is 5.47. The Morgan fingerprint density at radius 1 is 1.09 bits per heavy atom. The van der Waals surface area contributed by atoms with Gasteiger partial charge in [0.15, 0.2) is 10.8 Å². The lowest BCUT2D eigenvalue weighted by Gasteiger charge is -2.06. The lowest BCUT2D eigenvalue weighted by atomic mass is 10.0. The van der Waals surface area contributed by atoms with Gasteiger partial charge in [0.1, 0.15) is 6.54 Å². The molecule has 9 heteroatoms. The molecule has 33 heavy (non-hydrogen) atoms. The highest BCUT2D eigenvalue weighted by Crippen LogP contribution is 2.30. The van der Waals surface area contributed by atoms with Crippen LogP contribution in [0, 0.1) is 20.8 Å². The van der Waals surface area contributed by atoms with Crippen LogP contribution in [0.3, 0.4) is 0 Å². The number of carbonyl (C=O) groups is 1. The summed E-state index contributed by atoms with van der Waals surface area (Å²) in [4.78, 5) is 21.9. The summed E-state index contributed by atoms with van der Waals surface area (Å²) in [5, 5.41) is 15.3. The van der Waals surface area contributed by atoms with Gasteiger partial charge in [0.25, 0.3) is 0 Å². The lowest BCUT2D eigenvalue weighted by Crippen LogP contribution is -2.19. The average Bonchev–Trinajstić information content (AvgIpc) is 3.45. The fourth-order valence-corrected chi connectivity index (χ4v) is 4.77. The van der Waals surface area contributed by atoms with E-state index in [2.05, 4.69) is 50.6 Å². The van der Waals surface area contributed by atoms with E-state index in [-0.39, 0.29) is 12.5 Å². The molecule has 0 saturated heterocycles. The van der Waals surface area contributed by atoms with Gasteiger partial charge in [0.05, 0.1) is 17.1 Å². The number of fused-ring (bicyclic) bond motifs is 1. The van der Waals surface area contributed by atoms with Gasteiger partial charge in [-0.3, -0.25) is 9.48 Å². The van der Waals surface area contributed by atoms with Crippen molar-refractivity contribution in [1.29, 1.82) is 0 Å². The molecular weight excluding hydrogens is 434 g/mol. The van der Waals surface area contributed by atoms with Crippen molar-refractivity contribution >= 4 is 33.4 Å². The van der Waals surface area contributed by atoms with Gasteiger partial charge < -0.3 is 5.32 Å². The van der Waals surface area contributed by atoms with Crippen LogP contribution in [0.15, 0.2) is 48.1 Å². The van der Waals surface area contributed by atoms with Gasteiger partial charge in [-0.25, -0.2) is 14.6 Å². The van der Waals surface area contributed by atoms with E-state index in [0.29, 0.717) is 10.8 Å². The van der Waals surface area contributed by atoms with Crippen LogP contribution in [-0.2, 0) is 18.4 Å². The Morgan fingerprint density at radius 2 is 1.94 bits per heavy atom. The minimum atomic E-state index is -0.203. The SMILES string of the molecule is Cc1cccc(-c2ccnc3c2c(C)nn3CC(=O)Nc2nc(-c3cn(C)nc3C)cs2)c1. The second-order valence-corrected chi connectivity index (χ2v) is 8.92. The fraction of sp³-hybridized carbons (Fsp3) is 0.208. The van der Waals surface area contributed by atoms with E-state index >= 15 is 0 Å². The largest absolute Gasteiger partial charge is 0.300 e. The summed E-state index contributed by atoms with van der Waals surface area (Å²) in [7, 11) is 1.88. The van der Waals surface area contributed by atoms with Gasteiger partial charge >= 0.3 is 0 Å². The summed E-state index contributed by atoms with van der Waals surface area (Å²) in [6, 6.07) is 10.3. The molecule has 5 rings (SSSR count). The maximum atomic E-state index is 12.8. The molecule has 0 radical (unpaired) electrons. The number of amides is 1. The fourth-order valence-electron chi connectivity index (χ4n) is 4.05. The van der Waals surface area contributed by atoms with E-state index < -0.39 is 0 Å². The number of nitrogens with zero attached hydrogens (tertiary/aromatic N) is 6. The van der Waals surface area contributed by atoms with Crippen molar-refractivity contribution in [1.82, 2.24) is 29.5 Å². The molecule has 4 aromatic heterocycles. The maximum absolute atomic E-state index is 12.8. The van der Waals surface area contributed by atoms with Crippen molar-refractivity contribution in [2.45, 2.75) is 27.3 Å². The number of rotatable bonds is 5. The quantitative estimate of drug-likeness (QED) is 0.419. The zero-order valence-electron chi connectivity index (χ0n) is 18.8. The van der Waals surface area contributed by atoms with Gasteiger partial charge in [0.2, 0.25) is 5.91 Å². The van der Waals surface area contributed by atoms with Crippen molar-refractivity contribution in [2.75, 3.05) is 5.32 Å². The summed E-state index contributed by atoms with van der Waals surface area (Å²) in [5.41, 5.74) is 7.53. The molecule has 0 spiro atoms. The molecule has 166 valence electrons. The Morgan fingerprint density at radius 3 is 2.70 bits per heavy atom. The first-order valence-electron chi connectivity index (χ1n) is 10.5. The second kappa shape index (κ2) is 8.25. The zero-order chi connectivity index (χ0) is 23.1. The summed E-state index contributed by atoms with van der Waals surface area (Å²) >= 11 is 1.39. The minimum absolute atomic E-state index is 0.0510. The Labute approximate surface area is 194 Å². The predicted molar refractivity (Wildman–Crippen MR) is 130 cm³/mol. The number of anilines is 1. The van der Waals surface area contributed by atoms with Crippen LogP contribution in [0.1, 0.15) is 17.0 Å². The van der Waals surface area contributed by atoms with Crippen LogP contribution in [0.4, 0.5) is 5.13 Å². The van der Waals surface area contributed by atoms with Crippen LogP contribution >= 0.6 is 11.3 Å². The molecule has 0 atom stereocenters. The van der Waals surface area contributed by atoms with Crippen molar-refractivity contribution in [3.8, 4) is 22.4 Å². The molecule has 8 nitrogen and oxygen atoms in total. The van der Waals surface area contributed by atoms with Crippen LogP contribution in [0.5, 0.6) is 0 Å². The topological polar surface area (TPSA) is 90.5 Å². The average molecular weight is 458 g/mol. The monoisotopic (exact) mass is 457 g/mol. The molecule has 0 aliphatic heterocycles. The number of carbonyl (C=O) groups excluding carboxylic acids is 1. The van der Waals surface area contributed by atoms with Crippen molar-refractivity contribution in [2.24, 2.45) is 7.05 Å². The van der Waals surface area contributed by atoms with Gasteiger partial charge in [-0.15, -0.1) is 11.3 Å². The molecular formula is C24H23N7OS. The molecule has 0 aliphatic rings. The first kappa shape index (κ1) is 21.0.